The average molecular weight is 356 g/mol. The Balaban J connectivity index is 1.78. The molecule has 134 valence electrons. The van der Waals surface area contributed by atoms with Gasteiger partial charge in [0, 0.05) is 25.6 Å². The molecule has 7 heteroatoms. The molecule has 1 aromatic carbocycles. The number of hydrogen-bond acceptors (Lipinski definition) is 3. The van der Waals surface area contributed by atoms with Gasteiger partial charge in [0.25, 0.3) is 0 Å². The summed E-state index contributed by atoms with van der Waals surface area (Å²) in [6.07, 6.45) is 5.53. The van der Waals surface area contributed by atoms with Crippen molar-refractivity contribution in [2.45, 2.75) is 44.6 Å². The fourth-order valence-corrected chi connectivity index (χ4v) is 4.32. The molecule has 0 heterocycles. The highest BCUT2D eigenvalue weighted by atomic mass is 32.2. The molecule has 0 radical (unpaired) electrons. The van der Waals surface area contributed by atoms with Crippen molar-refractivity contribution in [3.63, 3.8) is 0 Å². The molecule has 1 aliphatic rings. The van der Waals surface area contributed by atoms with Crippen LogP contribution in [0.3, 0.4) is 0 Å². The lowest BCUT2D eigenvalue weighted by molar-refractivity contribution is -0.121. The van der Waals surface area contributed by atoms with Gasteiger partial charge in [-0.2, -0.15) is 4.31 Å². The Bertz CT molecular complexity index is 658. The van der Waals surface area contributed by atoms with Gasteiger partial charge in [-0.05, 0) is 30.9 Å². The lowest BCUT2D eigenvalue weighted by Gasteiger charge is -2.26. The van der Waals surface area contributed by atoms with Crippen LogP contribution in [0, 0.1) is 5.82 Å². The SMILES string of the molecule is CS(=O)(=O)N(CCC(=O)NCCc1ccccc1F)C1CCCC1. The molecule has 0 bridgehead atoms. The van der Waals surface area contributed by atoms with Crippen LogP contribution in [0.15, 0.2) is 24.3 Å². The quantitative estimate of drug-likeness (QED) is 0.775. The van der Waals surface area contributed by atoms with Crippen LogP contribution in [0.25, 0.3) is 0 Å². The third-order valence-corrected chi connectivity index (χ3v) is 5.72. The van der Waals surface area contributed by atoms with Crippen LogP contribution < -0.4 is 5.32 Å². The number of rotatable bonds is 8. The Kier molecular flexibility index (Phi) is 6.74. The summed E-state index contributed by atoms with van der Waals surface area (Å²) in [5.41, 5.74) is 0.557. The summed E-state index contributed by atoms with van der Waals surface area (Å²) in [6, 6.07) is 6.48. The second kappa shape index (κ2) is 8.58. The van der Waals surface area contributed by atoms with Gasteiger partial charge in [0.05, 0.1) is 6.26 Å². The molecule has 0 aliphatic heterocycles. The van der Waals surface area contributed by atoms with Gasteiger partial charge in [-0.1, -0.05) is 31.0 Å². The van der Waals surface area contributed by atoms with Gasteiger partial charge < -0.3 is 5.32 Å². The molecular weight excluding hydrogens is 331 g/mol. The Hall–Kier alpha value is -1.47. The maximum absolute atomic E-state index is 13.5. The van der Waals surface area contributed by atoms with Gasteiger partial charge in [0.1, 0.15) is 5.82 Å². The molecule has 0 atom stereocenters. The maximum atomic E-state index is 13.5. The van der Waals surface area contributed by atoms with E-state index in [4.69, 9.17) is 0 Å². The molecule has 0 aromatic heterocycles. The van der Waals surface area contributed by atoms with Gasteiger partial charge >= 0.3 is 0 Å². The summed E-state index contributed by atoms with van der Waals surface area (Å²) in [5, 5.41) is 2.73. The summed E-state index contributed by atoms with van der Waals surface area (Å²) in [7, 11) is -3.31. The highest BCUT2D eigenvalue weighted by Gasteiger charge is 2.29. The first-order chi connectivity index (χ1) is 11.4. The minimum Gasteiger partial charge on any atom is -0.356 e. The van der Waals surface area contributed by atoms with Crippen molar-refractivity contribution in [1.29, 1.82) is 0 Å². The molecule has 1 aromatic rings. The van der Waals surface area contributed by atoms with E-state index in [-0.39, 0.29) is 30.7 Å². The number of amides is 1. The topological polar surface area (TPSA) is 66.5 Å². The van der Waals surface area contributed by atoms with Gasteiger partial charge in [-0.3, -0.25) is 4.79 Å². The Morgan fingerprint density at radius 1 is 1.29 bits per heavy atom. The van der Waals surface area contributed by atoms with Crippen LogP contribution >= 0.6 is 0 Å². The number of carbonyl (C=O) groups excluding carboxylic acids is 1. The van der Waals surface area contributed by atoms with E-state index in [1.54, 1.807) is 18.2 Å². The molecule has 0 saturated heterocycles. The smallest absolute Gasteiger partial charge is 0.221 e. The minimum atomic E-state index is -3.31. The van der Waals surface area contributed by atoms with Crippen molar-refractivity contribution in [2.24, 2.45) is 0 Å². The molecule has 0 unspecified atom stereocenters. The zero-order valence-corrected chi connectivity index (χ0v) is 14.8. The largest absolute Gasteiger partial charge is 0.356 e. The second-order valence-corrected chi connectivity index (χ2v) is 8.19. The minimum absolute atomic E-state index is 0.0196. The van der Waals surface area contributed by atoms with Crippen molar-refractivity contribution in [2.75, 3.05) is 19.3 Å². The van der Waals surface area contributed by atoms with Crippen LogP contribution in [0.4, 0.5) is 4.39 Å². The van der Waals surface area contributed by atoms with E-state index in [9.17, 15) is 17.6 Å². The lowest BCUT2D eigenvalue weighted by Crippen LogP contribution is -2.40. The Morgan fingerprint density at radius 2 is 1.96 bits per heavy atom. The molecule has 1 aliphatic carbocycles. The van der Waals surface area contributed by atoms with E-state index in [1.807, 2.05) is 0 Å². The van der Waals surface area contributed by atoms with Gasteiger partial charge in [-0.15, -0.1) is 0 Å². The second-order valence-electron chi connectivity index (χ2n) is 6.25. The van der Waals surface area contributed by atoms with E-state index in [0.717, 1.165) is 25.7 Å². The van der Waals surface area contributed by atoms with E-state index in [0.29, 0.717) is 18.5 Å². The molecule has 1 saturated carbocycles. The maximum Gasteiger partial charge on any atom is 0.221 e. The fourth-order valence-electron chi connectivity index (χ4n) is 3.15. The van der Waals surface area contributed by atoms with Crippen LogP contribution in [-0.4, -0.2) is 44.0 Å². The van der Waals surface area contributed by atoms with E-state index < -0.39 is 10.0 Å². The summed E-state index contributed by atoms with van der Waals surface area (Å²) in [6.45, 7) is 0.539. The van der Waals surface area contributed by atoms with Gasteiger partial charge in [0.2, 0.25) is 15.9 Å². The molecule has 5 nitrogen and oxygen atoms in total. The summed E-state index contributed by atoms with van der Waals surface area (Å²) >= 11 is 0. The molecule has 1 amide bonds. The van der Waals surface area contributed by atoms with Crippen molar-refractivity contribution in [1.82, 2.24) is 9.62 Å². The van der Waals surface area contributed by atoms with Crippen LogP contribution in [0.5, 0.6) is 0 Å². The standard InChI is InChI=1S/C17H25FN2O3S/c1-24(22,23)20(15-7-3-4-8-15)13-11-17(21)19-12-10-14-6-2-5-9-16(14)18/h2,5-6,9,15H,3-4,7-8,10-13H2,1H3,(H,19,21). The van der Waals surface area contributed by atoms with Crippen LogP contribution in [-0.2, 0) is 21.2 Å². The highest BCUT2D eigenvalue weighted by Crippen LogP contribution is 2.25. The van der Waals surface area contributed by atoms with Crippen molar-refractivity contribution in [3.05, 3.63) is 35.6 Å². The number of nitrogens with zero attached hydrogens (tertiary/aromatic N) is 1. The predicted octanol–water partition coefficient (Wildman–Crippen LogP) is 2.08. The first kappa shape index (κ1) is 18.9. The predicted molar refractivity (Wildman–Crippen MR) is 91.5 cm³/mol. The zero-order chi connectivity index (χ0) is 17.6. The third-order valence-electron chi connectivity index (χ3n) is 4.39. The lowest BCUT2D eigenvalue weighted by atomic mass is 10.1. The number of hydrogen-bond donors (Lipinski definition) is 1. The first-order valence-corrected chi connectivity index (χ1v) is 10.2. The monoisotopic (exact) mass is 356 g/mol. The molecule has 0 spiro atoms. The fraction of sp³-hybridized carbons (Fsp3) is 0.588. The normalized spacial score (nSPS) is 15.8. The number of benzene rings is 1. The molecule has 1 fully saturated rings. The first-order valence-electron chi connectivity index (χ1n) is 8.35. The Labute approximate surface area is 143 Å². The van der Waals surface area contributed by atoms with Crippen LogP contribution in [0.2, 0.25) is 0 Å². The van der Waals surface area contributed by atoms with Gasteiger partial charge in [-0.25, -0.2) is 12.8 Å². The summed E-state index contributed by atoms with van der Waals surface area (Å²) < 4.78 is 38.8. The molecular formula is C17H25FN2O3S. The van der Waals surface area contributed by atoms with Crippen molar-refractivity contribution < 1.29 is 17.6 Å². The molecule has 1 N–H and O–H groups in total. The van der Waals surface area contributed by atoms with E-state index in [2.05, 4.69) is 5.32 Å². The number of sulfonamides is 1. The number of nitrogens with one attached hydrogen (secondary N) is 1. The van der Waals surface area contributed by atoms with Crippen molar-refractivity contribution >= 4 is 15.9 Å². The van der Waals surface area contributed by atoms with Crippen molar-refractivity contribution in [3.8, 4) is 0 Å². The van der Waals surface area contributed by atoms with E-state index in [1.165, 1.54) is 16.6 Å². The Morgan fingerprint density at radius 3 is 2.58 bits per heavy atom. The molecule has 2 rings (SSSR count). The van der Waals surface area contributed by atoms with Crippen LogP contribution in [0.1, 0.15) is 37.7 Å². The average Bonchev–Trinajstić information content (AvgIpc) is 3.02. The third kappa shape index (κ3) is 5.56. The highest BCUT2D eigenvalue weighted by molar-refractivity contribution is 7.88. The number of halogens is 1. The summed E-state index contributed by atoms with van der Waals surface area (Å²) in [4.78, 5) is 11.9. The molecule has 24 heavy (non-hydrogen) atoms. The summed E-state index contributed by atoms with van der Waals surface area (Å²) in [5.74, 6) is -0.491. The van der Waals surface area contributed by atoms with Gasteiger partial charge in [0.15, 0.2) is 0 Å². The zero-order valence-electron chi connectivity index (χ0n) is 14.0. The van der Waals surface area contributed by atoms with E-state index >= 15 is 0 Å². The number of carbonyl (C=O) groups is 1.